The van der Waals surface area contributed by atoms with Gasteiger partial charge in [-0.25, -0.2) is 0 Å². The number of para-hydroxylation sites is 2. The van der Waals surface area contributed by atoms with Gasteiger partial charge in [-0.05, 0) is 48.0 Å². The average molecular weight is 376 g/mol. The highest BCUT2D eigenvalue weighted by atomic mass is 16.3. The van der Waals surface area contributed by atoms with Crippen molar-refractivity contribution in [2.45, 2.75) is 12.0 Å². The van der Waals surface area contributed by atoms with Crippen LogP contribution in [-0.2, 0) is 5.60 Å². The molecule has 0 saturated heterocycles. The number of aliphatic hydroxyl groups is 1. The lowest BCUT2D eigenvalue weighted by Gasteiger charge is -2.25. The maximum absolute atomic E-state index is 10.2. The quantitative estimate of drug-likeness (QED) is 0.488. The Kier molecular flexibility index (Phi) is 7.88. The third kappa shape index (κ3) is 7.02. The molecule has 4 N–H and O–H groups in total. The first-order valence-electron chi connectivity index (χ1n) is 8.84. The van der Waals surface area contributed by atoms with E-state index in [0.29, 0.717) is 17.9 Å². The number of phenolic OH excluding ortho intramolecular Hbond substituents is 3. The van der Waals surface area contributed by atoms with Gasteiger partial charge >= 0.3 is 0 Å². The summed E-state index contributed by atoms with van der Waals surface area (Å²) in [5.74, 6) is 0.823. The van der Waals surface area contributed by atoms with Crippen LogP contribution in [0, 0.1) is 0 Å². The van der Waals surface area contributed by atoms with Gasteiger partial charge < -0.3 is 20.4 Å². The molecule has 0 saturated carbocycles. The summed E-state index contributed by atoms with van der Waals surface area (Å²) >= 11 is 0. The standard InChI is InChI=1S/C12H12O2.2C6H6O/c13-11-6-4-5-10(9-11)12(14)7-2-1-3-8-12;2*7-6-4-2-1-3-5-6/h1-7,9,13-14H,8H2;2*1-5,7H. The Hall–Kier alpha value is -3.50. The van der Waals surface area contributed by atoms with E-state index in [2.05, 4.69) is 0 Å². The molecule has 0 bridgehead atoms. The zero-order valence-corrected chi connectivity index (χ0v) is 15.4. The van der Waals surface area contributed by atoms with Crippen LogP contribution in [0.4, 0.5) is 0 Å². The zero-order valence-electron chi connectivity index (χ0n) is 15.4. The minimum Gasteiger partial charge on any atom is -0.508 e. The van der Waals surface area contributed by atoms with Crippen LogP contribution in [0.5, 0.6) is 17.2 Å². The molecule has 0 fully saturated rings. The van der Waals surface area contributed by atoms with E-state index < -0.39 is 5.60 Å². The second kappa shape index (κ2) is 10.6. The van der Waals surface area contributed by atoms with Crippen LogP contribution in [0.1, 0.15) is 12.0 Å². The minimum atomic E-state index is -0.965. The van der Waals surface area contributed by atoms with Crippen molar-refractivity contribution in [3.63, 3.8) is 0 Å². The summed E-state index contributed by atoms with van der Waals surface area (Å²) in [6.45, 7) is 0. The maximum Gasteiger partial charge on any atom is 0.115 e. The van der Waals surface area contributed by atoms with E-state index in [0.717, 1.165) is 5.56 Å². The van der Waals surface area contributed by atoms with Crippen molar-refractivity contribution in [3.8, 4) is 17.2 Å². The molecular formula is C24H24O4. The Morgan fingerprint density at radius 3 is 1.54 bits per heavy atom. The second-order valence-corrected chi connectivity index (χ2v) is 6.14. The maximum atomic E-state index is 10.2. The number of hydrogen-bond acceptors (Lipinski definition) is 4. The summed E-state index contributed by atoms with van der Waals surface area (Å²) in [4.78, 5) is 0. The molecule has 0 aliphatic heterocycles. The van der Waals surface area contributed by atoms with E-state index in [4.69, 9.17) is 10.2 Å². The summed E-state index contributed by atoms with van der Waals surface area (Å²) in [5.41, 5.74) is -0.244. The molecule has 0 amide bonds. The van der Waals surface area contributed by atoms with Crippen LogP contribution in [0.25, 0.3) is 0 Å². The SMILES string of the molecule is Oc1cccc(C2(O)C=CC=CC2)c1.Oc1ccccc1.Oc1ccccc1. The molecule has 0 spiro atoms. The van der Waals surface area contributed by atoms with Crippen LogP contribution in [0.3, 0.4) is 0 Å². The van der Waals surface area contributed by atoms with Crippen molar-refractivity contribution in [1.29, 1.82) is 0 Å². The average Bonchev–Trinajstić information content (AvgIpc) is 2.71. The van der Waals surface area contributed by atoms with Gasteiger partial charge in [0.05, 0.1) is 0 Å². The predicted molar refractivity (Wildman–Crippen MR) is 111 cm³/mol. The number of phenols is 3. The third-order valence-electron chi connectivity index (χ3n) is 3.91. The Bertz CT molecular complexity index is 851. The van der Waals surface area contributed by atoms with E-state index in [1.54, 1.807) is 72.8 Å². The van der Waals surface area contributed by atoms with E-state index in [9.17, 15) is 10.2 Å². The van der Waals surface area contributed by atoms with Gasteiger partial charge in [0.25, 0.3) is 0 Å². The molecular weight excluding hydrogens is 352 g/mol. The summed E-state index contributed by atoms with van der Waals surface area (Å²) < 4.78 is 0. The summed E-state index contributed by atoms with van der Waals surface area (Å²) in [5, 5.41) is 36.8. The van der Waals surface area contributed by atoms with Crippen molar-refractivity contribution in [2.75, 3.05) is 0 Å². The molecule has 0 radical (unpaired) electrons. The van der Waals surface area contributed by atoms with E-state index >= 15 is 0 Å². The molecule has 0 heterocycles. The van der Waals surface area contributed by atoms with Crippen LogP contribution in [0.15, 0.2) is 109 Å². The fourth-order valence-electron chi connectivity index (χ4n) is 2.45. The Labute approximate surface area is 165 Å². The van der Waals surface area contributed by atoms with Gasteiger partial charge in [0.15, 0.2) is 0 Å². The zero-order chi connectivity index (χ0) is 20.2. The van der Waals surface area contributed by atoms with Gasteiger partial charge in [-0.1, -0.05) is 66.8 Å². The number of benzene rings is 3. The van der Waals surface area contributed by atoms with E-state index in [1.807, 2.05) is 36.4 Å². The first-order valence-corrected chi connectivity index (χ1v) is 8.84. The van der Waals surface area contributed by atoms with E-state index in [-0.39, 0.29) is 5.75 Å². The third-order valence-corrected chi connectivity index (χ3v) is 3.91. The van der Waals surface area contributed by atoms with Crippen molar-refractivity contribution < 1.29 is 20.4 Å². The van der Waals surface area contributed by atoms with Gasteiger partial charge in [0.2, 0.25) is 0 Å². The molecule has 144 valence electrons. The highest BCUT2D eigenvalue weighted by molar-refractivity contribution is 5.36. The van der Waals surface area contributed by atoms with Crippen LogP contribution in [-0.4, -0.2) is 20.4 Å². The van der Waals surface area contributed by atoms with Crippen LogP contribution in [0.2, 0.25) is 0 Å². The smallest absolute Gasteiger partial charge is 0.115 e. The lowest BCUT2D eigenvalue weighted by atomic mass is 9.87. The molecule has 28 heavy (non-hydrogen) atoms. The molecule has 1 atom stereocenters. The van der Waals surface area contributed by atoms with Crippen molar-refractivity contribution in [1.82, 2.24) is 0 Å². The Morgan fingerprint density at radius 2 is 1.14 bits per heavy atom. The molecule has 4 heteroatoms. The lowest BCUT2D eigenvalue weighted by Crippen LogP contribution is -2.22. The van der Waals surface area contributed by atoms with Crippen molar-refractivity contribution in [3.05, 3.63) is 115 Å². The lowest BCUT2D eigenvalue weighted by molar-refractivity contribution is 0.0913. The van der Waals surface area contributed by atoms with Gasteiger partial charge in [0, 0.05) is 6.42 Å². The van der Waals surface area contributed by atoms with Crippen LogP contribution < -0.4 is 0 Å². The Morgan fingerprint density at radius 1 is 0.607 bits per heavy atom. The molecule has 3 aromatic rings. The topological polar surface area (TPSA) is 80.9 Å². The monoisotopic (exact) mass is 376 g/mol. The number of allylic oxidation sites excluding steroid dienone is 2. The molecule has 4 nitrogen and oxygen atoms in total. The molecule has 4 rings (SSSR count). The first kappa shape index (κ1) is 20.8. The van der Waals surface area contributed by atoms with Crippen molar-refractivity contribution in [2.24, 2.45) is 0 Å². The summed E-state index contributed by atoms with van der Waals surface area (Å²) in [6.07, 6.45) is 7.91. The van der Waals surface area contributed by atoms with Gasteiger partial charge in [0.1, 0.15) is 22.8 Å². The largest absolute Gasteiger partial charge is 0.508 e. The second-order valence-electron chi connectivity index (χ2n) is 6.14. The van der Waals surface area contributed by atoms with Gasteiger partial charge in [-0.3, -0.25) is 0 Å². The highest BCUT2D eigenvalue weighted by Gasteiger charge is 2.25. The van der Waals surface area contributed by atoms with E-state index in [1.165, 1.54) is 0 Å². The summed E-state index contributed by atoms with van der Waals surface area (Å²) in [6, 6.07) is 24.1. The number of aromatic hydroxyl groups is 3. The Balaban J connectivity index is 0.000000168. The normalized spacial score (nSPS) is 16.9. The highest BCUT2D eigenvalue weighted by Crippen LogP contribution is 2.31. The van der Waals surface area contributed by atoms with Crippen LogP contribution >= 0.6 is 0 Å². The predicted octanol–water partition coefficient (Wildman–Crippen LogP) is 4.88. The fraction of sp³-hybridized carbons (Fsp3) is 0.0833. The molecule has 0 aromatic heterocycles. The molecule has 1 unspecified atom stereocenters. The molecule has 1 aliphatic carbocycles. The summed E-state index contributed by atoms with van der Waals surface area (Å²) in [7, 11) is 0. The minimum absolute atomic E-state index is 0.180. The number of rotatable bonds is 1. The fourth-order valence-corrected chi connectivity index (χ4v) is 2.45. The molecule has 3 aromatic carbocycles. The van der Waals surface area contributed by atoms with Crippen molar-refractivity contribution >= 4 is 0 Å². The number of hydrogen-bond donors (Lipinski definition) is 4. The van der Waals surface area contributed by atoms with Gasteiger partial charge in [-0.2, -0.15) is 0 Å². The first-order chi connectivity index (χ1) is 13.5. The molecule has 1 aliphatic rings. The van der Waals surface area contributed by atoms with Gasteiger partial charge in [-0.15, -0.1) is 0 Å².